The summed E-state index contributed by atoms with van der Waals surface area (Å²) in [7, 11) is 0. The van der Waals surface area contributed by atoms with Crippen LogP contribution in [0.4, 0.5) is 4.39 Å². The highest BCUT2D eigenvalue weighted by Gasteiger charge is 2.04. The molecule has 0 aliphatic rings. The van der Waals surface area contributed by atoms with Crippen LogP contribution in [0.3, 0.4) is 0 Å². The Morgan fingerprint density at radius 1 is 1.05 bits per heavy atom. The van der Waals surface area contributed by atoms with Crippen molar-refractivity contribution in [3.8, 4) is 0 Å². The molecule has 0 amide bonds. The molecule has 1 unspecified atom stereocenters. The van der Waals surface area contributed by atoms with Crippen LogP contribution in [0.25, 0.3) is 0 Å². The van der Waals surface area contributed by atoms with Crippen molar-refractivity contribution in [3.05, 3.63) is 71.0 Å². The van der Waals surface area contributed by atoms with Crippen molar-refractivity contribution < 1.29 is 4.39 Å². The Hall–Kier alpha value is -1.67. The lowest BCUT2D eigenvalue weighted by Gasteiger charge is -2.14. The van der Waals surface area contributed by atoms with E-state index in [2.05, 4.69) is 43.4 Å². The maximum atomic E-state index is 12.8. The first-order valence-electron chi connectivity index (χ1n) is 7.17. The Morgan fingerprint density at radius 2 is 1.75 bits per heavy atom. The Labute approximate surface area is 120 Å². The van der Waals surface area contributed by atoms with Gasteiger partial charge < -0.3 is 5.32 Å². The predicted octanol–water partition coefficient (Wildman–Crippen LogP) is 3.90. The van der Waals surface area contributed by atoms with E-state index in [9.17, 15) is 4.39 Å². The molecular weight excluding hydrogens is 249 g/mol. The Kier molecular flexibility index (Phi) is 5.31. The summed E-state index contributed by atoms with van der Waals surface area (Å²) < 4.78 is 12.8. The second-order valence-corrected chi connectivity index (χ2v) is 5.36. The van der Waals surface area contributed by atoms with Crippen LogP contribution in [0.5, 0.6) is 0 Å². The summed E-state index contributed by atoms with van der Waals surface area (Å²) >= 11 is 0. The van der Waals surface area contributed by atoms with Crippen LogP contribution in [0.15, 0.2) is 48.5 Å². The van der Waals surface area contributed by atoms with Crippen LogP contribution in [0.2, 0.25) is 0 Å². The van der Waals surface area contributed by atoms with E-state index >= 15 is 0 Å². The SMILES string of the molecule is Cc1ccccc1CCNC(C)Cc1ccc(F)cc1. The van der Waals surface area contributed by atoms with Crippen molar-refractivity contribution in [1.29, 1.82) is 0 Å². The average Bonchev–Trinajstić information content (AvgIpc) is 2.43. The molecule has 0 aliphatic carbocycles. The number of halogens is 1. The summed E-state index contributed by atoms with van der Waals surface area (Å²) in [5.74, 6) is -0.172. The summed E-state index contributed by atoms with van der Waals surface area (Å²) in [5, 5.41) is 3.53. The monoisotopic (exact) mass is 271 g/mol. The summed E-state index contributed by atoms with van der Waals surface area (Å²) in [6.45, 7) is 5.28. The maximum Gasteiger partial charge on any atom is 0.123 e. The van der Waals surface area contributed by atoms with Gasteiger partial charge in [0.05, 0.1) is 0 Å². The molecule has 0 aliphatic heterocycles. The third-order valence-corrected chi connectivity index (χ3v) is 3.60. The second-order valence-electron chi connectivity index (χ2n) is 5.36. The molecule has 1 nitrogen and oxygen atoms in total. The van der Waals surface area contributed by atoms with Crippen LogP contribution in [-0.4, -0.2) is 12.6 Å². The van der Waals surface area contributed by atoms with Gasteiger partial charge in [0.25, 0.3) is 0 Å². The lowest BCUT2D eigenvalue weighted by molar-refractivity contribution is 0.547. The van der Waals surface area contributed by atoms with Crippen LogP contribution >= 0.6 is 0 Å². The van der Waals surface area contributed by atoms with Crippen LogP contribution in [0.1, 0.15) is 23.6 Å². The molecule has 0 radical (unpaired) electrons. The normalized spacial score (nSPS) is 12.3. The van der Waals surface area contributed by atoms with E-state index in [4.69, 9.17) is 0 Å². The van der Waals surface area contributed by atoms with Gasteiger partial charge in [0.1, 0.15) is 5.82 Å². The van der Waals surface area contributed by atoms with Gasteiger partial charge in [0.15, 0.2) is 0 Å². The first-order valence-corrected chi connectivity index (χ1v) is 7.17. The van der Waals surface area contributed by atoms with E-state index in [0.29, 0.717) is 6.04 Å². The number of aryl methyl sites for hydroxylation is 1. The third-order valence-electron chi connectivity index (χ3n) is 3.60. The van der Waals surface area contributed by atoms with Gasteiger partial charge in [-0.15, -0.1) is 0 Å². The summed E-state index contributed by atoms with van der Waals surface area (Å²) in [4.78, 5) is 0. The lowest BCUT2D eigenvalue weighted by Crippen LogP contribution is -2.30. The van der Waals surface area contributed by atoms with Gasteiger partial charge >= 0.3 is 0 Å². The van der Waals surface area contributed by atoms with Crippen molar-refractivity contribution in [2.75, 3.05) is 6.54 Å². The summed E-state index contributed by atoms with van der Waals surface area (Å²) in [5.41, 5.74) is 3.91. The number of benzene rings is 2. The first kappa shape index (κ1) is 14.7. The fraction of sp³-hybridized carbons (Fsp3) is 0.333. The van der Waals surface area contributed by atoms with Crippen molar-refractivity contribution in [2.24, 2.45) is 0 Å². The molecular formula is C18H22FN. The molecule has 2 aromatic carbocycles. The van der Waals surface area contributed by atoms with Crippen molar-refractivity contribution in [1.82, 2.24) is 5.32 Å². The molecule has 0 heterocycles. The lowest BCUT2D eigenvalue weighted by atomic mass is 10.0. The van der Waals surface area contributed by atoms with E-state index in [1.165, 1.54) is 28.8 Å². The molecule has 0 spiro atoms. The fourth-order valence-corrected chi connectivity index (χ4v) is 2.39. The highest BCUT2D eigenvalue weighted by molar-refractivity contribution is 5.25. The smallest absolute Gasteiger partial charge is 0.123 e. The van der Waals surface area contributed by atoms with E-state index in [0.717, 1.165) is 19.4 Å². The predicted molar refractivity (Wildman–Crippen MR) is 82.5 cm³/mol. The number of rotatable bonds is 6. The Bertz CT molecular complexity index is 533. The van der Waals surface area contributed by atoms with E-state index in [1.54, 1.807) is 0 Å². The zero-order chi connectivity index (χ0) is 14.4. The molecule has 1 atom stereocenters. The van der Waals surface area contributed by atoms with E-state index < -0.39 is 0 Å². The quantitative estimate of drug-likeness (QED) is 0.840. The zero-order valence-electron chi connectivity index (χ0n) is 12.2. The third kappa shape index (κ3) is 4.46. The van der Waals surface area contributed by atoms with Gasteiger partial charge in [-0.3, -0.25) is 0 Å². The molecule has 2 heteroatoms. The minimum atomic E-state index is -0.172. The second kappa shape index (κ2) is 7.20. The minimum Gasteiger partial charge on any atom is -0.314 e. The van der Waals surface area contributed by atoms with E-state index in [-0.39, 0.29) is 5.82 Å². The summed E-state index contributed by atoms with van der Waals surface area (Å²) in [6.07, 6.45) is 1.97. The molecule has 0 saturated carbocycles. The number of hydrogen-bond acceptors (Lipinski definition) is 1. The largest absolute Gasteiger partial charge is 0.314 e. The average molecular weight is 271 g/mol. The van der Waals surface area contributed by atoms with Crippen LogP contribution in [-0.2, 0) is 12.8 Å². The number of hydrogen-bond donors (Lipinski definition) is 1. The highest BCUT2D eigenvalue weighted by Crippen LogP contribution is 2.08. The van der Waals surface area contributed by atoms with Gasteiger partial charge in [0.2, 0.25) is 0 Å². The summed E-state index contributed by atoms with van der Waals surface area (Å²) in [6, 6.07) is 15.6. The van der Waals surface area contributed by atoms with Crippen molar-refractivity contribution in [3.63, 3.8) is 0 Å². The molecule has 2 rings (SSSR count). The van der Waals surface area contributed by atoms with Gasteiger partial charge in [-0.1, -0.05) is 36.4 Å². The molecule has 0 bridgehead atoms. The Balaban J connectivity index is 1.76. The Morgan fingerprint density at radius 3 is 2.45 bits per heavy atom. The van der Waals surface area contributed by atoms with Gasteiger partial charge in [-0.2, -0.15) is 0 Å². The minimum absolute atomic E-state index is 0.172. The van der Waals surface area contributed by atoms with Crippen molar-refractivity contribution >= 4 is 0 Å². The van der Waals surface area contributed by atoms with Crippen LogP contribution in [0, 0.1) is 12.7 Å². The van der Waals surface area contributed by atoms with Gasteiger partial charge in [-0.25, -0.2) is 4.39 Å². The van der Waals surface area contributed by atoms with Gasteiger partial charge in [-0.05, 0) is 62.1 Å². The van der Waals surface area contributed by atoms with Gasteiger partial charge in [0, 0.05) is 6.04 Å². The van der Waals surface area contributed by atoms with Crippen molar-refractivity contribution in [2.45, 2.75) is 32.7 Å². The molecule has 0 fully saturated rings. The first-order chi connectivity index (χ1) is 9.65. The molecule has 106 valence electrons. The van der Waals surface area contributed by atoms with E-state index in [1.807, 2.05) is 12.1 Å². The topological polar surface area (TPSA) is 12.0 Å². The molecule has 1 N–H and O–H groups in total. The molecule has 20 heavy (non-hydrogen) atoms. The molecule has 0 aromatic heterocycles. The highest BCUT2D eigenvalue weighted by atomic mass is 19.1. The molecule has 0 saturated heterocycles. The zero-order valence-corrected chi connectivity index (χ0v) is 12.2. The maximum absolute atomic E-state index is 12.8. The fourth-order valence-electron chi connectivity index (χ4n) is 2.39. The number of nitrogens with one attached hydrogen (secondary N) is 1. The molecule has 2 aromatic rings. The standard InChI is InChI=1S/C18H22FN/c1-14-5-3-4-6-17(14)11-12-20-15(2)13-16-7-9-18(19)10-8-16/h3-10,15,20H,11-13H2,1-2H3. The van der Waals surface area contributed by atoms with Crippen LogP contribution < -0.4 is 5.32 Å².